The number of nitrogens with one attached hydrogen (secondary N) is 2. The van der Waals surface area contributed by atoms with Gasteiger partial charge in [-0.15, -0.1) is 0 Å². The highest BCUT2D eigenvalue weighted by atomic mass is 31.2. The van der Waals surface area contributed by atoms with E-state index < -0.39 is 7.14 Å². The molecule has 0 aliphatic heterocycles. The van der Waals surface area contributed by atoms with Crippen molar-refractivity contribution in [1.29, 1.82) is 0 Å². The maximum absolute atomic E-state index is 12.9. The summed E-state index contributed by atoms with van der Waals surface area (Å²) in [6, 6.07) is 18.3. The molecule has 7 nitrogen and oxygen atoms in total. The third-order valence-corrected chi connectivity index (χ3v) is 9.28. The Kier molecular flexibility index (Phi) is 7.37. The van der Waals surface area contributed by atoms with E-state index in [1.54, 1.807) is 42.9 Å². The lowest BCUT2D eigenvalue weighted by atomic mass is 10.1. The third kappa shape index (κ3) is 5.64. The molecule has 0 aliphatic rings. The molecule has 2 N–H and O–H groups in total. The van der Waals surface area contributed by atoms with Crippen molar-refractivity contribution in [2.45, 2.75) is 20.8 Å². The number of aromatic nitrogens is 3. The molecule has 0 fully saturated rings. The van der Waals surface area contributed by atoms with Crippen molar-refractivity contribution < 1.29 is 9.36 Å². The van der Waals surface area contributed by atoms with Gasteiger partial charge in [0.05, 0.1) is 5.69 Å². The minimum atomic E-state index is -2.37. The van der Waals surface area contributed by atoms with Crippen molar-refractivity contribution in [3.63, 3.8) is 0 Å². The fraction of sp³-hybridized carbons (Fsp3) is 0.185. The van der Waals surface area contributed by atoms with Gasteiger partial charge >= 0.3 is 0 Å². The fourth-order valence-electron chi connectivity index (χ4n) is 3.73. The number of amides is 1. The number of benzene rings is 2. The lowest BCUT2D eigenvalue weighted by Crippen LogP contribution is -2.14. The molecule has 0 saturated heterocycles. The molecule has 0 radical (unpaired) electrons. The molecule has 0 aliphatic carbocycles. The van der Waals surface area contributed by atoms with Crippen molar-refractivity contribution in [2.24, 2.45) is 0 Å². The van der Waals surface area contributed by atoms with Crippen LogP contribution >= 0.6 is 7.14 Å². The third-order valence-electron chi connectivity index (χ3n) is 6.00. The molecule has 0 bridgehead atoms. The van der Waals surface area contributed by atoms with Gasteiger partial charge in [-0.3, -0.25) is 9.78 Å². The molecule has 0 saturated carbocycles. The zero-order valence-corrected chi connectivity index (χ0v) is 20.9. The zero-order chi connectivity index (χ0) is 24.8. The average molecular weight is 486 g/mol. The van der Waals surface area contributed by atoms with Gasteiger partial charge in [-0.2, -0.15) is 0 Å². The van der Waals surface area contributed by atoms with Crippen molar-refractivity contribution in [3.05, 3.63) is 90.4 Å². The molecule has 1 amide bonds. The van der Waals surface area contributed by atoms with E-state index in [0.29, 0.717) is 29.5 Å². The standard InChI is InChI=1S/C27H28N5O2P/c1-4-35(34,5-2)23-10-7-21(8-11-23)26(33)30-22-9-6-19(3)25(18-22)32-27-29-17-14-24(31-27)20-12-15-28-16-13-20/h6-18H,4-5H2,1-3H3,(H,30,33)(H,29,31,32). The number of nitrogens with zero attached hydrogens (tertiary/aromatic N) is 3. The first-order valence-electron chi connectivity index (χ1n) is 11.5. The summed E-state index contributed by atoms with van der Waals surface area (Å²) >= 11 is 0. The van der Waals surface area contributed by atoms with E-state index in [9.17, 15) is 9.36 Å². The molecule has 4 rings (SSSR count). The molecule has 8 heteroatoms. The minimum Gasteiger partial charge on any atom is -0.324 e. The highest BCUT2D eigenvalue weighted by Gasteiger charge is 2.20. The smallest absolute Gasteiger partial charge is 0.255 e. The molecule has 0 spiro atoms. The summed E-state index contributed by atoms with van der Waals surface area (Å²) in [5, 5.41) is 7.01. The lowest BCUT2D eigenvalue weighted by molar-refractivity contribution is 0.102. The Morgan fingerprint density at radius 3 is 2.31 bits per heavy atom. The normalized spacial score (nSPS) is 11.2. The SMILES string of the molecule is CCP(=O)(CC)c1ccc(C(=O)Nc2ccc(C)c(Nc3nccc(-c4ccncc4)n3)c2)cc1. The first-order valence-corrected chi connectivity index (χ1v) is 13.6. The summed E-state index contributed by atoms with van der Waals surface area (Å²) in [5.74, 6) is 0.225. The monoisotopic (exact) mass is 485 g/mol. The predicted molar refractivity (Wildman–Crippen MR) is 142 cm³/mol. The van der Waals surface area contributed by atoms with Crippen LogP contribution in [0.1, 0.15) is 29.8 Å². The molecule has 2 heterocycles. The van der Waals surface area contributed by atoms with Gasteiger partial charge in [0.25, 0.3) is 5.91 Å². The molecule has 2 aromatic carbocycles. The maximum Gasteiger partial charge on any atom is 0.255 e. The topological polar surface area (TPSA) is 96.9 Å². The minimum absolute atomic E-state index is 0.231. The Balaban J connectivity index is 1.50. The van der Waals surface area contributed by atoms with Gasteiger partial charge in [-0.05, 0) is 55.0 Å². The number of carbonyl (C=O) groups is 1. The largest absolute Gasteiger partial charge is 0.324 e. The number of hydrogen-bond acceptors (Lipinski definition) is 6. The van der Waals surface area contributed by atoms with Crippen LogP contribution < -0.4 is 15.9 Å². The summed E-state index contributed by atoms with van der Waals surface area (Å²) in [4.78, 5) is 25.8. The van der Waals surface area contributed by atoms with Crippen LogP contribution in [-0.2, 0) is 4.57 Å². The number of anilines is 3. The second-order valence-electron chi connectivity index (χ2n) is 8.18. The van der Waals surface area contributed by atoms with Crippen LogP contribution in [0.3, 0.4) is 0 Å². The molecule has 0 atom stereocenters. The van der Waals surface area contributed by atoms with E-state index >= 15 is 0 Å². The van der Waals surface area contributed by atoms with Gasteiger partial charge in [-0.25, -0.2) is 9.97 Å². The van der Waals surface area contributed by atoms with Gasteiger partial charge < -0.3 is 15.2 Å². The van der Waals surface area contributed by atoms with Crippen LogP contribution in [0.15, 0.2) is 79.3 Å². The Morgan fingerprint density at radius 2 is 1.63 bits per heavy atom. The number of aryl methyl sites for hydroxylation is 1. The molecule has 0 unspecified atom stereocenters. The summed E-state index contributed by atoms with van der Waals surface area (Å²) < 4.78 is 12.9. The summed E-state index contributed by atoms with van der Waals surface area (Å²) in [6.07, 6.45) is 6.37. The van der Waals surface area contributed by atoms with Gasteiger partial charge in [0.2, 0.25) is 5.95 Å². The average Bonchev–Trinajstić information content (AvgIpc) is 2.91. The van der Waals surface area contributed by atoms with E-state index in [0.717, 1.165) is 27.8 Å². The van der Waals surface area contributed by atoms with Crippen LogP contribution in [0.25, 0.3) is 11.3 Å². The Bertz CT molecular complexity index is 1370. The first kappa shape index (κ1) is 24.3. The molecule has 35 heavy (non-hydrogen) atoms. The van der Waals surface area contributed by atoms with E-state index in [1.807, 2.05) is 57.2 Å². The quantitative estimate of drug-likeness (QED) is 0.303. The van der Waals surface area contributed by atoms with Gasteiger partial charge in [0, 0.05) is 58.7 Å². The lowest BCUT2D eigenvalue weighted by Gasteiger charge is -2.15. The Hall–Kier alpha value is -3.83. The fourth-order valence-corrected chi connectivity index (χ4v) is 5.60. The summed E-state index contributed by atoms with van der Waals surface area (Å²) in [5.41, 5.74) is 4.66. The van der Waals surface area contributed by atoms with Crippen LogP contribution in [0.5, 0.6) is 0 Å². The van der Waals surface area contributed by atoms with Crippen LogP contribution in [0.2, 0.25) is 0 Å². The van der Waals surface area contributed by atoms with Crippen LogP contribution in [-0.4, -0.2) is 33.2 Å². The van der Waals surface area contributed by atoms with E-state index in [2.05, 4.69) is 25.6 Å². The zero-order valence-electron chi connectivity index (χ0n) is 20.0. The number of pyridine rings is 1. The van der Waals surface area contributed by atoms with Crippen LogP contribution in [0.4, 0.5) is 17.3 Å². The molecule has 178 valence electrons. The van der Waals surface area contributed by atoms with E-state index in [4.69, 9.17) is 0 Å². The van der Waals surface area contributed by atoms with Crippen molar-refractivity contribution >= 4 is 35.7 Å². The molecular formula is C27H28N5O2P. The summed E-state index contributed by atoms with van der Waals surface area (Å²) in [6.45, 7) is 5.85. The van der Waals surface area contributed by atoms with Crippen molar-refractivity contribution in [1.82, 2.24) is 15.0 Å². The number of hydrogen-bond donors (Lipinski definition) is 2. The van der Waals surface area contributed by atoms with Crippen molar-refractivity contribution in [3.8, 4) is 11.3 Å². The van der Waals surface area contributed by atoms with Crippen molar-refractivity contribution in [2.75, 3.05) is 23.0 Å². The summed E-state index contributed by atoms with van der Waals surface area (Å²) in [7, 11) is -2.37. The number of carbonyl (C=O) groups excluding carboxylic acids is 1. The maximum atomic E-state index is 12.9. The Morgan fingerprint density at radius 1 is 0.914 bits per heavy atom. The highest BCUT2D eigenvalue weighted by molar-refractivity contribution is 7.71. The second-order valence-corrected chi connectivity index (χ2v) is 11.7. The second kappa shape index (κ2) is 10.6. The number of rotatable bonds is 8. The van der Waals surface area contributed by atoms with E-state index in [-0.39, 0.29) is 5.91 Å². The molecular weight excluding hydrogens is 457 g/mol. The Labute approximate surface area is 205 Å². The van der Waals surface area contributed by atoms with Gasteiger partial charge in [-0.1, -0.05) is 32.0 Å². The molecule has 2 aromatic heterocycles. The van der Waals surface area contributed by atoms with Gasteiger partial charge in [0.1, 0.15) is 7.14 Å². The van der Waals surface area contributed by atoms with Gasteiger partial charge in [0.15, 0.2) is 0 Å². The highest BCUT2D eigenvalue weighted by Crippen LogP contribution is 2.43. The first-order chi connectivity index (χ1) is 16.9. The predicted octanol–water partition coefficient (Wildman–Crippen LogP) is 5.87. The van der Waals surface area contributed by atoms with E-state index in [1.165, 1.54) is 0 Å². The molecule has 4 aromatic rings. The van der Waals surface area contributed by atoms with Crippen LogP contribution in [0, 0.1) is 6.92 Å².